The fourth-order valence-electron chi connectivity index (χ4n) is 2.76. The zero-order valence-corrected chi connectivity index (χ0v) is 13.8. The lowest BCUT2D eigenvalue weighted by Crippen LogP contribution is -2.21. The first-order chi connectivity index (χ1) is 12.6. The van der Waals surface area contributed by atoms with E-state index in [1.165, 1.54) is 27.8 Å². The highest BCUT2D eigenvalue weighted by Gasteiger charge is 2.12. The van der Waals surface area contributed by atoms with Crippen molar-refractivity contribution in [3.05, 3.63) is 70.7 Å². The van der Waals surface area contributed by atoms with E-state index in [0.717, 1.165) is 12.1 Å². The fourth-order valence-corrected chi connectivity index (χ4v) is 2.76. The molecule has 26 heavy (non-hydrogen) atoms. The first-order valence-electron chi connectivity index (χ1n) is 7.97. The van der Waals surface area contributed by atoms with Gasteiger partial charge in [-0.15, -0.1) is 0 Å². The Hall–Kier alpha value is -3.36. The molecule has 7 nitrogen and oxygen atoms in total. The molecule has 9 heteroatoms. The molecule has 0 N–H and O–H groups in total. The number of aryl methyl sites for hydroxylation is 1. The van der Waals surface area contributed by atoms with Gasteiger partial charge in [0.05, 0.1) is 18.4 Å². The maximum absolute atomic E-state index is 13.9. The second kappa shape index (κ2) is 6.17. The van der Waals surface area contributed by atoms with Gasteiger partial charge in [0, 0.05) is 18.8 Å². The van der Waals surface area contributed by atoms with E-state index in [4.69, 9.17) is 0 Å². The van der Waals surface area contributed by atoms with Gasteiger partial charge in [-0.3, -0.25) is 9.36 Å². The Morgan fingerprint density at radius 2 is 2.04 bits per heavy atom. The van der Waals surface area contributed by atoms with Gasteiger partial charge >= 0.3 is 0 Å². The van der Waals surface area contributed by atoms with Crippen LogP contribution in [-0.2, 0) is 13.1 Å². The van der Waals surface area contributed by atoms with Crippen LogP contribution >= 0.6 is 0 Å². The van der Waals surface area contributed by atoms with Gasteiger partial charge < -0.3 is 0 Å². The fraction of sp³-hybridized carbons (Fsp3) is 0.176. The minimum Gasteiger partial charge on any atom is -0.292 e. The molecule has 0 aliphatic heterocycles. The van der Waals surface area contributed by atoms with Crippen LogP contribution in [0.25, 0.3) is 16.7 Å². The lowest BCUT2D eigenvalue weighted by molar-refractivity contribution is 0.572. The minimum absolute atomic E-state index is 0.128. The van der Waals surface area contributed by atoms with Gasteiger partial charge in [-0.2, -0.15) is 10.2 Å². The third-order valence-corrected chi connectivity index (χ3v) is 4.06. The molecule has 0 amide bonds. The van der Waals surface area contributed by atoms with Gasteiger partial charge in [0.25, 0.3) is 5.56 Å². The van der Waals surface area contributed by atoms with Gasteiger partial charge in [0.1, 0.15) is 23.2 Å². The smallest absolute Gasteiger partial charge is 0.264 e. The zero-order valence-electron chi connectivity index (χ0n) is 13.8. The molecule has 0 fully saturated rings. The Morgan fingerprint density at radius 1 is 1.19 bits per heavy atom. The molecule has 3 aromatic heterocycles. The lowest BCUT2D eigenvalue weighted by atomic mass is 10.3. The second-order valence-electron chi connectivity index (χ2n) is 5.72. The summed E-state index contributed by atoms with van der Waals surface area (Å²) in [4.78, 5) is 16.8. The van der Waals surface area contributed by atoms with Gasteiger partial charge in [0.2, 0.25) is 0 Å². The first kappa shape index (κ1) is 16.1. The monoisotopic (exact) mass is 356 g/mol. The Balaban J connectivity index is 1.66. The highest BCUT2D eigenvalue weighted by atomic mass is 19.1. The van der Waals surface area contributed by atoms with E-state index < -0.39 is 11.6 Å². The van der Waals surface area contributed by atoms with Crippen molar-refractivity contribution in [3.63, 3.8) is 0 Å². The Labute approximate surface area is 146 Å². The largest absolute Gasteiger partial charge is 0.292 e. The summed E-state index contributed by atoms with van der Waals surface area (Å²) in [6, 6.07) is 4.92. The molecule has 132 valence electrons. The number of fused-ring (bicyclic) bond motifs is 1. The number of halogens is 2. The Morgan fingerprint density at radius 3 is 2.81 bits per heavy atom. The number of rotatable bonds is 4. The Kier molecular flexibility index (Phi) is 3.83. The topological polar surface area (TPSA) is 70.5 Å². The highest BCUT2D eigenvalue weighted by Crippen LogP contribution is 2.14. The van der Waals surface area contributed by atoms with Crippen molar-refractivity contribution in [1.29, 1.82) is 0 Å². The SMILES string of the molecule is CCn1ncc2c(=O)n(Cc3ccn(-c4ccc(F)cc4F)n3)cnc21. The number of hydrogen-bond donors (Lipinski definition) is 0. The van der Waals surface area contributed by atoms with E-state index >= 15 is 0 Å². The summed E-state index contributed by atoms with van der Waals surface area (Å²) in [5, 5.41) is 8.82. The molecule has 0 aliphatic rings. The van der Waals surface area contributed by atoms with Crippen molar-refractivity contribution in [2.75, 3.05) is 0 Å². The third kappa shape index (κ3) is 2.67. The summed E-state index contributed by atoms with van der Waals surface area (Å²) in [5.74, 6) is -1.37. The molecule has 0 atom stereocenters. The van der Waals surface area contributed by atoms with E-state index in [0.29, 0.717) is 23.3 Å². The number of nitrogens with zero attached hydrogens (tertiary/aromatic N) is 6. The van der Waals surface area contributed by atoms with Crippen LogP contribution < -0.4 is 5.56 Å². The van der Waals surface area contributed by atoms with Crippen molar-refractivity contribution in [1.82, 2.24) is 29.1 Å². The van der Waals surface area contributed by atoms with Crippen LogP contribution in [0.5, 0.6) is 0 Å². The quantitative estimate of drug-likeness (QED) is 0.562. The average molecular weight is 356 g/mol. The molecule has 1 aromatic carbocycles. The molecule has 0 aliphatic carbocycles. The Bertz CT molecular complexity index is 1160. The molecule has 3 heterocycles. The van der Waals surface area contributed by atoms with E-state index in [1.54, 1.807) is 16.9 Å². The predicted molar refractivity (Wildman–Crippen MR) is 90.0 cm³/mol. The molecule has 0 bridgehead atoms. The minimum atomic E-state index is -0.716. The standard InChI is InChI=1S/C17H14F2N6O/c1-2-24-16-13(8-21-24)17(26)23(10-20-16)9-12-5-6-25(22-12)15-4-3-11(18)7-14(15)19/h3-8,10H,2,9H2,1H3. The number of aromatic nitrogens is 6. The van der Waals surface area contributed by atoms with Crippen molar-refractivity contribution < 1.29 is 8.78 Å². The lowest BCUT2D eigenvalue weighted by Gasteiger charge is -2.05. The molecule has 0 saturated heterocycles. The second-order valence-corrected chi connectivity index (χ2v) is 5.72. The van der Waals surface area contributed by atoms with Crippen LogP contribution in [0, 0.1) is 11.6 Å². The molecular weight excluding hydrogens is 342 g/mol. The van der Waals surface area contributed by atoms with Gasteiger partial charge in [-0.05, 0) is 25.1 Å². The summed E-state index contributed by atoms with van der Waals surface area (Å²) in [6.45, 7) is 2.71. The molecule has 0 unspecified atom stereocenters. The van der Waals surface area contributed by atoms with Crippen LogP contribution in [0.1, 0.15) is 12.6 Å². The summed E-state index contributed by atoms with van der Waals surface area (Å²) >= 11 is 0. The van der Waals surface area contributed by atoms with Crippen LogP contribution in [-0.4, -0.2) is 29.1 Å². The summed E-state index contributed by atoms with van der Waals surface area (Å²) in [7, 11) is 0. The van der Waals surface area contributed by atoms with E-state index in [1.807, 2.05) is 6.92 Å². The zero-order chi connectivity index (χ0) is 18.3. The van der Waals surface area contributed by atoms with Crippen LogP contribution in [0.2, 0.25) is 0 Å². The first-order valence-corrected chi connectivity index (χ1v) is 7.97. The van der Waals surface area contributed by atoms with Gasteiger partial charge in [-0.25, -0.2) is 23.1 Å². The highest BCUT2D eigenvalue weighted by molar-refractivity contribution is 5.72. The third-order valence-electron chi connectivity index (χ3n) is 4.06. The number of hydrogen-bond acceptors (Lipinski definition) is 4. The normalized spacial score (nSPS) is 11.3. The molecule has 4 aromatic rings. The predicted octanol–water partition coefficient (Wildman–Crippen LogP) is 2.13. The molecular formula is C17H14F2N6O. The maximum atomic E-state index is 13.9. The summed E-state index contributed by atoms with van der Waals surface area (Å²) < 4.78 is 31.3. The molecule has 0 radical (unpaired) electrons. The summed E-state index contributed by atoms with van der Waals surface area (Å²) in [5.41, 5.74) is 0.979. The van der Waals surface area contributed by atoms with E-state index in [9.17, 15) is 13.6 Å². The molecule has 4 rings (SSSR count). The maximum Gasteiger partial charge on any atom is 0.264 e. The van der Waals surface area contributed by atoms with Crippen LogP contribution in [0.4, 0.5) is 8.78 Å². The molecule has 0 spiro atoms. The summed E-state index contributed by atoms with van der Waals surface area (Å²) in [6.07, 6.45) is 4.49. The van der Waals surface area contributed by atoms with Gasteiger partial charge in [0.15, 0.2) is 11.5 Å². The van der Waals surface area contributed by atoms with Crippen molar-refractivity contribution in [2.24, 2.45) is 0 Å². The van der Waals surface area contributed by atoms with Crippen LogP contribution in [0.15, 0.2) is 47.8 Å². The van der Waals surface area contributed by atoms with Gasteiger partial charge in [-0.1, -0.05) is 0 Å². The molecule has 0 saturated carbocycles. The average Bonchev–Trinajstić information content (AvgIpc) is 3.24. The van der Waals surface area contributed by atoms with E-state index in [-0.39, 0.29) is 17.8 Å². The van der Waals surface area contributed by atoms with Crippen molar-refractivity contribution in [2.45, 2.75) is 20.0 Å². The van der Waals surface area contributed by atoms with Crippen molar-refractivity contribution >= 4 is 11.0 Å². The number of benzene rings is 1. The van der Waals surface area contributed by atoms with Crippen LogP contribution in [0.3, 0.4) is 0 Å². The van der Waals surface area contributed by atoms with Crippen molar-refractivity contribution in [3.8, 4) is 5.69 Å². The van der Waals surface area contributed by atoms with E-state index in [2.05, 4.69) is 15.2 Å².